The third-order valence-electron chi connectivity index (χ3n) is 0.882. The van der Waals surface area contributed by atoms with E-state index in [1.807, 2.05) is 0 Å². The van der Waals surface area contributed by atoms with E-state index in [9.17, 15) is 0 Å². The molecule has 3 heteroatoms. The average Bonchev–Trinajstić information content (AvgIpc) is 1.77. The van der Waals surface area contributed by atoms with Crippen LogP contribution in [-0.4, -0.2) is 10.2 Å². The van der Waals surface area contributed by atoms with Crippen LogP contribution >= 0.6 is 0 Å². The molecule has 11 heavy (non-hydrogen) atoms. The first kappa shape index (κ1) is 16.8. The Hall–Kier alpha value is -0.596. The van der Waals surface area contributed by atoms with Crippen LogP contribution in [-0.2, 0) is 18.6 Å². The van der Waals surface area contributed by atoms with Gasteiger partial charge in [-0.2, -0.15) is 0 Å². The molecule has 1 aromatic rings. The Labute approximate surface area is 79.8 Å². The number of benzene rings is 1. The van der Waals surface area contributed by atoms with Crippen LogP contribution in [0.15, 0.2) is 24.3 Å². The maximum atomic E-state index is 8.67. The molecule has 0 aliphatic carbocycles. The van der Waals surface area contributed by atoms with Crippen molar-refractivity contribution in [1.82, 2.24) is 0 Å². The van der Waals surface area contributed by atoms with Crippen LogP contribution in [0.4, 0.5) is 0 Å². The zero-order valence-corrected chi connectivity index (χ0v) is 8.05. The summed E-state index contributed by atoms with van der Waals surface area (Å²) in [5, 5.41) is 17.3. The molecule has 0 aliphatic rings. The normalized spacial score (nSPS) is 6.55. The molecule has 0 atom stereocenters. The second-order valence-corrected chi connectivity index (χ2v) is 1.49. The molecule has 0 aromatic heterocycles. The van der Waals surface area contributed by atoms with E-state index in [4.69, 9.17) is 10.2 Å². The minimum absolute atomic E-state index is 0. The molecule has 0 unspecified atom stereocenters. The number of phenolic OH excluding ortho intramolecular Hbond substituents is 2. The Bertz CT molecular complexity index is 168. The van der Waals surface area contributed by atoms with Crippen LogP contribution in [0.1, 0.15) is 0 Å². The van der Waals surface area contributed by atoms with E-state index in [1.165, 1.54) is 12.1 Å². The molecule has 2 nitrogen and oxygen atoms in total. The van der Waals surface area contributed by atoms with Gasteiger partial charge in [-0.25, -0.2) is 0 Å². The Morgan fingerprint density at radius 2 is 1.09 bits per heavy atom. The molecular formula is C8H12O2V. The SMILES string of the molecule is Oc1ccccc1O.[CH3-].[CH3-].[V+2]. The van der Waals surface area contributed by atoms with Gasteiger partial charge < -0.3 is 25.1 Å². The number of rotatable bonds is 0. The van der Waals surface area contributed by atoms with Gasteiger partial charge in [0.05, 0.1) is 0 Å². The molecule has 0 spiro atoms. The van der Waals surface area contributed by atoms with Gasteiger partial charge in [-0.1, -0.05) is 12.1 Å². The summed E-state index contributed by atoms with van der Waals surface area (Å²) < 4.78 is 0. The number of phenols is 2. The summed E-state index contributed by atoms with van der Waals surface area (Å²) in [5.74, 6) is -0.153. The second kappa shape index (κ2) is 7.51. The van der Waals surface area contributed by atoms with Gasteiger partial charge in [0, 0.05) is 0 Å². The Balaban J connectivity index is -0.000000213. The van der Waals surface area contributed by atoms with Crippen LogP contribution in [0.25, 0.3) is 0 Å². The van der Waals surface area contributed by atoms with E-state index in [2.05, 4.69) is 0 Å². The summed E-state index contributed by atoms with van der Waals surface area (Å²) in [7, 11) is 0. The maximum Gasteiger partial charge on any atom is 2.00 e. The summed E-state index contributed by atoms with van der Waals surface area (Å²) in [4.78, 5) is 0. The quantitative estimate of drug-likeness (QED) is 0.486. The fourth-order valence-corrected chi connectivity index (χ4v) is 0.464. The molecule has 0 saturated heterocycles. The number of hydrogen-bond acceptors (Lipinski definition) is 2. The first-order chi connectivity index (χ1) is 3.80. The molecular weight excluding hydrogens is 179 g/mol. The number of para-hydroxylation sites is 2. The topological polar surface area (TPSA) is 40.5 Å². The molecule has 0 amide bonds. The van der Waals surface area contributed by atoms with Crippen LogP contribution in [0.5, 0.6) is 11.5 Å². The van der Waals surface area contributed by atoms with Crippen LogP contribution in [0.3, 0.4) is 0 Å². The van der Waals surface area contributed by atoms with Crippen LogP contribution in [0.2, 0.25) is 0 Å². The van der Waals surface area contributed by atoms with Crippen molar-refractivity contribution in [2.75, 3.05) is 0 Å². The predicted octanol–water partition coefficient (Wildman–Crippen LogP) is 2.00. The van der Waals surface area contributed by atoms with Gasteiger partial charge in [-0.15, -0.1) is 0 Å². The first-order valence-electron chi connectivity index (χ1n) is 2.27. The smallest absolute Gasteiger partial charge is 0.504 e. The number of hydrogen-bond donors (Lipinski definition) is 2. The minimum atomic E-state index is -0.0764. The molecule has 61 valence electrons. The van der Waals surface area contributed by atoms with E-state index in [-0.39, 0.29) is 44.9 Å². The van der Waals surface area contributed by atoms with Gasteiger partial charge in [-0.3, -0.25) is 0 Å². The van der Waals surface area contributed by atoms with E-state index in [0.717, 1.165) is 0 Å². The molecule has 2 N–H and O–H groups in total. The molecule has 1 aromatic carbocycles. The zero-order valence-electron chi connectivity index (χ0n) is 6.65. The molecule has 1 radical (unpaired) electrons. The molecule has 0 saturated carbocycles. The second-order valence-electron chi connectivity index (χ2n) is 1.49. The van der Waals surface area contributed by atoms with E-state index >= 15 is 0 Å². The van der Waals surface area contributed by atoms with Crippen molar-refractivity contribution in [3.63, 3.8) is 0 Å². The maximum absolute atomic E-state index is 8.67. The van der Waals surface area contributed by atoms with Crippen molar-refractivity contribution in [1.29, 1.82) is 0 Å². The van der Waals surface area contributed by atoms with E-state index in [1.54, 1.807) is 12.1 Å². The summed E-state index contributed by atoms with van der Waals surface area (Å²) in [5.41, 5.74) is 0. The van der Waals surface area contributed by atoms with Crippen molar-refractivity contribution in [3.05, 3.63) is 39.1 Å². The van der Waals surface area contributed by atoms with Crippen molar-refractivity contribution in [2.45, 2.75) is 0 Å². The van der Waals surface area contributed by atoms with Crippen molar-refractivity contribution < 1.29 is 28.8 Å². The van der Waals surface area contributed by atoms with Crippen molar-refractivity contribution in [2.24, 2.45) is 0 Å². The number of aromatic hydroxyl groups is 2. The van der Waals surface area contributed by atoms with Gasteiger partial charge in [0.2, 0.25) is 0 Å². The predicted molar refractivity (Wildman–Crippen MR) is 42.6 cm³/mol. The fourth-order valence-electron chi connectivity index (χ4n) is 0.464. The van der Waals surface area contributed by atoms with Gasteiger partial charge in [0.1, 0.15) is 0 Å². The standard InChI is InChI=1S/C6H6O2.2CH3.V/c7-5-3-1-2-4-6(5)8;;;/h1-4,7-8H;2*1H3;/q;2*-1;+2. The molecule has 1 rings (SSSR count). The fraction of sp³-hybridized carbons (Fsp3) is 0. The Morgan fingerprint density at radius 1 is 0.818 bits per heavy atom. The van der Waals surface area contributed by atoms with Crippen LogP contribution in [0, 0.1) is 14.9 Å². The average molecular weight is 191 g/mol. The van der Waals surface area contributed by atoms with Crippen LogP contribution < -0.4 is 0 Å². The van der Waals surface area contributed by atoms with Crippen molar-refractivity contribution in [3.8, 4) is 11.5 Å². The first-order valence-corrected chi connectivity index (χ1v) is 2.27. The Kier molecular flexibility index (Phi) is 11.5. The van der Waals surface area contributed by atoms with Gasteiger partial charge in [0.15, 0.2) is 11.5 Å². The largest absolute Gasteiger partial charge is 2.00 e. The Morgan fingerprint density at radius 3 is 1.27 bits per heavy atom. The zero-order chi connectivity index (χ0) is 5.98. The van der Waals surface area contributed by atoms with Gasteiger partial charge in [0.25, 0.3) is 0 Å². The van der Waals surface area contributed by atoms with Crippen molar-refractivity contribution >= 4 is 0 Å². The molecule has 0 bridgehead atoms. The molecule has 0 heterocycles. The summed E-state index contributed by atoms with van der Waals surface area (Å²) in [6, 6.07) is 6.15. The van der Waals surface area contributed by atoms with Gasteiger partial charge in [-0.05, 0) is 12.1 Å². The minimum Gasteiger partial charge on any atom is -0.504 e. The third kappa shape index (κ3) is 4.76. The summed E-state index contributed by atoms with van der Waals surface area (Å²) in [6.45, 7) is 0. The molecule has 0 aliphatic heterocycles. The van der Waals surface area contributed by atoms with E-state index in [0.29, 0.717) is 0 Å². The third-order valence-corrected chi connectivity index (χ3v) is 0.882. The molecule has 0 fully saturated rings. The summed E-state index contributed by atoms with van der Waals surface area (Å²) >= 11 is 0. The summed E-state index contributed by atoms with van der Waals surface area (Å²) in [6.07, 6.45) is 0. The monoisotopic (exact) mass is 191 g/mol. The van der Waals surface area contributed by atoms with Gasteiger partial charge >= 0.3 is 18.6 Å². The van der Waals surface area contributed by atoms with E-state index < -0.39 is 0 Å².